The van der Waals surface area contributed by atoms with Gasteiger partial charge >= 0.3 is 0 Å². The summed E-state index contributed by atoms with van der Waals surface area (Å²) in [4.78, 5) is 5.26. The van der Waals surface area contributed by atoms with Crippen molar-refractivity contribution in [3.8, 4) is 12.1 Å². The van der Waals surface area contributed by atoms with Crippen molar-refractivity contribution in [3.63, 3.8) is 0 Å². The van der Waals surface area contributed by atoms with E-state index in [-0.39, 0.29) is 0 Å². The second kappa shape index (κ2) is 14.7. The van der Waals surface area contributed by atoms with Crippen LogP contribution in [0.3, 0.4) is 0 Å². The van der Waals surface area contributed by atoms with Gasteiger partial charge in [0, 0.05) is 19.1 Å². The second-order valence-corrected chi connectivity index (χ2v) is 9.24. The van der Waals surface area contributed by atoms with Crippen molar-refractivity contribution in [3.05, 3.63) is 0 Å². The van der Waals surface area contributed by atoms with Crippen LogP contribution in [-0.2, 0) is 0 Å². The zero-order valence-electron chi connectivity index (χ0n) is 16.0. The van der Waals surface area contributed by atoms with Crippen LogP contribution in [0.5, 0.6) is 0 Å². The Balaban J connectivity index is 2.26. The molecule has 1 unspecified atom stereocenters. The van der Waals surface area contributed by atoms with E-state index in [2.05, 4.69) is 35.8 Å². The van der Waals surface area contributed by atoms with E-state index in [1.807, 2.05) is 0 Å². The van der Waals surface area contributed by atoms with Gasteiger partial charge in [-0.05, 0) is 76.6 Å². The zero-order chi connectivity index (χ0) is 18.3. The molecule has 0 saturated carbocycles. The lowest BCUT2D eigenvalue weighted by Crippen LogP contribution is -2.43. The van der Waals surface area contributed by atoms with E-state index in [0.717, 1.165) is 24.0 Å². The third-order valence-electron chi connectivity index (χ3n) is 4.66. The fraction of sp³-hybridized carbons (Fsp3) is 0.895. The van der Waals surface area contributed by atoms with Crippen LogP contribution in [0.25, 0.3) is 0 Å². The molecule has 0 aromatic carbocycles. The van der Waals surface area contributed by atoms with Crippen molar-refractivity contribution >= 4 is 23.5 Å². The van der Waals surface area contributed by atoms with Gasteiger partial charge in [0.05, 0.1) is 23.6 Å². The van der Waals surface area contributed by atoms with E-state index in [1.165, 1.54) is 51.9 Å². The molecular weight excluding hydrogens is 348 g/mol. The van der Waals surface area contributed by atoms with Crippen molar-refractivity contribution < 1.29 is 0 Å². The molecule has 0 bridgehead atoms. The fourth-order valence-electron chi connectivity index (χ4n) is 3.39. The maximum absolute atomic E-state index is 8.61. The van der Waals surface area contributed by atoms with Gasteiger partial charge in [-0.1, -0.05) is 0 Å². The number of hydrogen-bond acceptors (Lipinski definition) is 6. The first-order chi connectivity index (χ1) is 12.2. The van der Waals surface area contributed by atoms with Gasteiger partial charge in [0.15, 0.2) is 0 Å². The lowest BCUT2D eigenvalue weighted by atomic mass is 9.96. The Morgan fingerprint density at radius 3 is 2.44 bits per heavy atom. The van der Waals surface area contributed by atoms with Crippen LogP contribution in [0, 0.1) is 28.6 Å². The van der Waals surface area contributed by atoms with Gasteiger partial charge in [-0.15, -0.1) is 23.5 Å². The summed E-state index contributed by atoms with van der Waals surface area (Å²) in [5, 5.41) is 17.2. The lowest BCUT2D eigenvalue weighted by Gasteiger charge is -2.37. The van der Waals surface area contributed by atoms with Gasteiger partial charge in [0.2, 0.25) is 0 Å². The highest BCUT2D eigenvalue weighted by Crippen LogP contribution is 2.19. The molecule has 1 fully saturated rings. The molecule has 1 aliphatic heterocycles. The third kappa shape index (κ3) is 11.0. The van der Waals surface area contributed by atoms with Gasteiger partial charge in [-0.2, -0.15) is 10.5 Å². The molecule has 4 nitrogen and oxygen atoms in total. The minimum atomic E-state index is 0.596. The van der Waals surface area contributed by atoms with E-state index in [0.29, 0.717) is 17.5 Å². The van der Waals surface area contributed by atoms with Crippen molar-refractivity contribution in [1.29, 1.82) is 10.5 Å². The Bertz CT molecular complexity index is 417. The number of nitriles is 2. The molecule has 0 aromatic rings. The van der Waals surface area contributed by atoms with Crippen LogP contribution in [0.1, 0.15) is 39.5 Å². The number of rotatable bonds is 13. The highest BCUT2D eigenvalue weighted by atomic mass is 32.2. The quantitative estimate of drug-likeness (QED) is 0.453. The van der Waals surface area contributed by atoms with Crippen LogP contribution in [-0.4, -0.2) is 71.6 Å². The van der Waals surface area contributed by atoms with Crippen molar-refractivity contribution in [2.45, 2.75) is 45.6 Å². The first-order valence-electron chi connectivity index (χ1n) is 9.53. The molecule has 0 radical (unpaired) electrons. The van der Waals surface area contributed by atoms with Gasteiger partial charge in [-0.25, -0.2) is 0 Å². The Labute approximate surface area is 163 Å². The molecule has 6 heteroatoms. The minimum absolute atomic E-state index is 0.596. The zero-order valence-corrected chi connectivity index (χ0v) is 17.6. The molecular formula is C19H34N4S2. The number of hydrogen-bond donors (Lipinski definition) is 0. The maximum Gasteiger partial charge on any atom is 0.0808 e. The topological polar surface area (TPSA) is 54.1 Å². The van der Waals surface area contributed by atoms with E-state index >= 15 is 0 Å². The highest BCUT2D eigenvalue weighted by Gasteiger charge is 2.22. The predicted molar refractivity (Wildman–Crippen MR) is 111 cm³/mol. The van der Waals surface area contributed by atoms with Crippen molar-refractivity contribution in [2.24, 2.45) is 5.92 Å². The minimum Gasteiger partial charge on any atom is -0.303 e. The summed E-state index contributed by atoms with van der Waals surface area (Å²) in [6, 6.07) is 5.00. The van der Waals surface area contributed by atoms with E-state index in [9.17, 15) is 0 Å². The standard InChI is InChI=1S/C19H34N4S2/c1-18(2)23(11-5-13-25-15-8-21)17-19-6-3-9-22(16-19)10-4-12-24-14-7-20/h18-19H,3-6,9-17H2,1-2H3. The highest BCUT2D eigenvalue weighted by molar-refractivity contribution is 7.99. The number of likely N-dealkylation sites (tertiary alicyclic amines) is 1. The van der Waals surface area contributed by atoms with Crippen LogP contribution < -0.4 is 0 Å². The Kier molecular flexibility index (Phi) is 13.3. The molecule has 1 atom stereocenters. The summed E-state index contributed by atoms with van der Waals surface area (Å²) < 4.78 is 0. The van der Waals surface area contributed by atoms with Crippen LogP contribution in [0.2, 0.25) is 0 Å². The largest absolute Gasteiger partial charge is 0.303 e. The van der Waals surface area contributed by atoms with Crippen molar-refractivity contribution in [1.82, 2.24) is 9.80 Å². The summed E-state index contributed by atoms with van der Waals surface area (Å²) in [5.74, 6) is 4.22. The third-order valence-corrected chi connectivity index (χ3v) is 6.48. The Morgan fingerprint density at radius 1 is 1.12 bits per heavy atom. The SMILES string of the molecule is CC(C)N(CCCSCC#N)CC1CCCN(CCCSCC#N)C1. The summed E-state index contributed by atoms with van der Waals surface area (Å²) in [6.07, 6.45) is 5.05. The Morgan fingerprint density at radius 2 is 1.80 bits per heavy atom. The summed E-state index contributed by atoms with van der Waals surface area (Å²) in [7, 11) is 0. The predicted octanol–water partition coefficient (Wildman–Crippen LogP) is 3.70. The summed E-state index contributed by atoms with van der Waals surface area (Å²) in [5.41, 5.74) is 0. The van der Waals surface area contributed by atoms with Crippen LogP contribution in [0.4, 0.5) is 0 Å². The molecule has 1 heterocycles. The molecule has 0 N–H and O–H groups in total. The van der Waals surface area contributed by atoms with Gasteiger partial charge < -0.3 is 9.80 Å². The molecule has 0 spiro atoms. The molecule has 1 saturated heterocycles. The monoisotopic (exact) mass is 382 g/mol. The summed E-state index contributed by atoms with van der Waals surface area (Å²) >= 11 is 3.50. The summed E-state index contributed by atoms with van der Waals surface area (Å²) in [6.45, 7) is 10.6. The fourth-order valence-corrected chi connectivity index (χ4v) is 4.53. The molecule has 25 heavy (non-hydrogen) atoms. The van der Waals surface area contributed by atoms with Gasteiger partial charge in [0.25, 0.3) is 0 Å². The van der Waals surface area contributed by atoms with Gasteiger partial charge in [-0.3, -0.25) is 0 Å². The maximum atomic E-state index is 8.61. The van der Waals surface area contributed by atoms with E-state index in [4.69, 9.17) is 10.5 Å². The number of piperidine rings is 1. The van der Waals surface area contributed by atoms with Crippen molar-refractivity contribution in [2.75, 3.05) is 55.7 Å². The first kappa shape index (κ1) is 22.6. The number of thioether (sulfide) groups is 2. The van der Waals surface area contributed by atoms with Crippen LogP contribution >= 0.6 is 23.5 Å². The second-order valence-electron chi connectivity index (χ2n) is 7.03. The molecule has 0 amide bonds. The normalized spacial score (nSPS) is 18.4. The number of nitrogens with zero attached hydrogens (tertiary/aromatic N) is 4. The van der Waals surface area contributed by atoms with Gasteiger partial charge in [0.1, 0.15) is 0 Å². The first-order valence-corrected chi connectivity index (χ1v) is 11.8. The molecule has 1 rings (SSSR count). The average Bonchev–Trinajstić information content (AvgIpc) is 2.60. The molecule has 142 valence electrons. The average molecular weight is 383 g/mol. The molecule has 1 aliphatic rings. The smallest absolute Gasteiger partial charge is 0.0808 e. The van der Waals surface area contributed by atoms with E-state index in [1.54, 1.807) is 23.5 Å². The molecule has 0 aliphatic carbocycles. The van der Waals surface area contributed by atoms with E-state index < -0.39 is 0 Å². The Hall–Kier alpha value is -0.400. The lowest BCUT2D eigenvalue weighted by molar-refractivity contribution is 0.118. The van der Waals surface area contributed by atoms with Crippen LogP contribution in [0.15, 0.2) is 0 Å². The molecule has 0 aromatic heterocycles.